The highest BCUT2D eigenvalue weighted by atomic mass is 127. The molecule has 0 unspecified atom stereocenters. The molecule has 2 fully saturated rings. The average Bonchev–Trinajstić information content (AvgIpc) is 2.73. The molecule has 7 nitrogen and oxygen atoms in total. The second kappa shape index (κ2) is 14.8. The molecule has 0 aromatic heterocycles. The molecule has 172 valence electrons. The summed E-state index contributed by atoms with van der Waals surface area (Å²) < 4.78 is 31.5. The predicted octanol–water partition coefficient (Wildman–Crippen LogP) is 3.10. The van der Waals surface area contributed by atoms with E-state index in [-0.39, 0.29) is 35.8 Å². The molecule has 0 aromatic carbocycles. The van der Waals surface area contributed by atoms with E-state index >= 15 is 0 Å². The van der Waals surface area contributed by atoms with Crippen LogP contribution >= 0.6 is 24.0 Å². The van der Waals surface area contributed by atoms with Crippen LogP contribution in [0.3, 0.4) is 0 Å². The molecule has 9 heteroatoms. The molecule has 0 atom stereocenters. The summed E-state index contributed by atoms with van der Waals surface area (Å²) in [4.78, 5) is 4.30. The minimum atomic E-state index is -3.06. The van der Waals surface area contributed by atoms with Gasteiger partial charge < -0.3 is 15.4 Å². The summed E-state index contributed by atoms with van der Waals surface area (Å²) in [5, 5.41) is 6.81. The highest BCUT2D eigenvalue weighted by Crippen LogP contribution is 2.20. The van der Waals surface area contributed by atoms with Crippen LogP contribution < -0.4 is 10.6 Å². The van der Waals surface area contributed by atoms with Crippen molar-refractivity contribution >= 4 is 40.0 Å². The number of hydrogen-bond acceptors (Lipinski definition) is 4. The minimum absolute atomic E-state index is 0. The van der Waals surface area contributed by atoms with Crippen molar-refractivity contribution in [2.75, 3.05) is 39.0 Å². The van der Waals surface area contributed by atoms with Crippen LogP contribution in [0.5, 0.6) is 0 Å². The summed E-state index contributed by atoms with van der Waals surface area (Å²) in [7, 11) is -1.28. The van der Waals surface area contributed by atoms with Gasteiger partial charge in [-0.1, -0.05) is 19.3 Å². The number of hydrogen-bond donors (Lipinski definition) is 2. The molecule has 2 rings (SSSR count). The molecular weight excluding hydrogens is 503 g/mol. The minimum Gasteiger partial charge on any atom is -0.378 e. The maximum absolute atomic E-state index is 11.9. The molecule has 0 spiro atoms. The van der Waals surface area contributed by atoms with E-state index in [1.54, 1.807) is 18.3 Å². The Morgan fingerprint density at radius 1 is 1.07 bits per heavy atom. The number of unbranched alkanes of at least 4 members (excludes halogenated alkanes) is 2. The van der Waals surface area contributed by atoms with Gasteiger partial charge in [-0.3, -0.25) is 4.99 Å². The smallest absolute Gasteiger partial charge is 0.213 e. The maximum atomic E-state index is 11.9. The molecular formula is C20H41IN4O3S. The molecule has 1 aliphatic heterocycles. The van der Waals surface area contributed by atoms with Crippen molar-refractivity contribution in [3.05, 3.63) is 0 Å². The quantitative estimate of drug-likeness (QED) is 0.191. The number of ether oxygens (including phenoxy) is 1. The Morgan fingerprint density at radius 3 is 2.38 bits per heavy atom. The van der Waals surface area contributed by atoms with Crippen LogP contribution in [0.15, 0.2) is 4.99 Å². The number of guanidine groups is 1. The van der Waals surface area contributed by atoms with E-state index in [0.717, 1.165) is 51.2 Å². The van der Waals surface area contributed by atoms with Gasteiger partial charge in [0.15, 0.2) is 5.96 Å². The van der Waals surface area contributed by atoms with Crippen molar-refractivity contribution in [1.29, 1.82) is 0 Å². The third kappa shape index (κ3) is 10.1. The highest BCUT2D eigenvalue weighted by Gasteiger charge is 2.26. The number of rotatable bonds is 10. The summed E-state index contributed by atoms with van der Waals surface area (Å²) >= 11 is 0. The lowest BCUT2D eigenvalue weighted by Gasteiger charge is -2.32. The Kier molecular flexibility index (Phi) is 13.7. The van der Waals surface area contributed by atoms with E-state index in [4.69, 9.17) is 4.74 Å². The van der Waals surface area contributed by atoms with Gasteiger partial charge >= 0.3 is 0 Å². The average molecular weight is 545 g/mol. The van der Waals surface area contributed by atoms with Gasteiger partial charge in [0, 0.05) is 39.3 Å². The second-order valence-electron chi connectivity index (χ2n) is 7.91. The van der Waals surface area contributed by atoms with Crippen molar-refractivity contribution in [1.82, 2.24) is 14.9 Å². The van der Waals surface area contributed by atoms with Crippen molar-refractivity contribution in [3.63, 3.8) is 0 Å². The van der Waals surface area contributed by atoms with Crippen molar-refractivity contribution < 1.29 is 13.2 Å². The van der Waals surface area contributed by atoms with Gasteiger partial charge in [-0.05, 0) is 51.9 Å². The molecule has 1 heterocycles. The fourth-order valence-electron chi connectivity index (χ4n) is 3.94. The lowest BCUT2D eigenvalue weighted by molar-refractivity contribution is 0.0264. The van der Waals surface area contributed by atoms with Crippen molar-refractivity contribution in [3.8, 4) is 0 Å². The third-order valence-electron chi connectivity index (χ3n) is 5.80. The van der Waals surface area contributed by atoms with Crippen LogP contribution in [0.1, 0.15) is 71.1 Å². The second-order valence-corrected chi connectivity index (χ2v) is 10.2. The topological polar surface area (TPSA) is 83.0 Å². The van der Waals surface area contributed by atoms with Crippen LogP contribution in [0, 0.1) is 0 Å². The first-order valence-electron chi connectivity index (χ1n) is 11.1. The first-order chi connectivity index (χ1) is 13.5. The molecule has 2 N–H and O–H groups in total. The fraction of sp³-hybridized carbons (Fsp3) is 0.950. The van der Waals surface area contributed by atoms with Gasteiger partial charge in [0.2, 0.25) is 10.0 Å². The van der Waals surface area contributed by atoms with Crippen molar-refractivity contribution in [2.24, 2.45) is 4.99 Å². The molecule has 1 saturated carbocycles. The SMILES string of the molecule is CCS(=O)(=O)N1CCC(NC(=NC)NCCCCCOC2CCCCC2)CC1.I. The molecule has 1 aliphatic carbocycles. The summed E-state index contributed by atoms with van der Waals surface area (Å²) in [5.74, 6) is 0.996. The molecule has 29 heavy (non-hydrogen) atoms. The number of nitrogens with zero attached hydrogens (tertiary/aromatic N) is 2. The van der Waals surface area contributed by atoms with Gasteiger partial charge in [0.25, 0.3) is 0 Å². The van der Waals surface area contributed by atoms with Gasteiger partial charge in [-0.25, -0.2) is 12.7 Å². The number of aliphatic imine (C=N–C) groups is 1. The fourth-order valence-corrected chi connectivity index (χ4v) is 5.07. The number of halogens is 1. The zero-order valence-electron chi connectivity index (χ0n) is 18.2. The van der Waals surface area contributed by atoms with E-state index < -0.39 is 10.0 Å². The van der Waals surface area contributed by atoms with Gasteiger partial charge in [0.05, 0.1) is 11.9 Å². The Bertz CT molecular complexity index is 560. The zero-order valence-corrected chi connectivity index (χ0v) is 21.3. The zero-order chi connectivity index (χ0) is 20.2. The molecule has 0 amide bonds. The maximum Gasteiger partial charge on any atom is 0.213 e. The summed E-state index contributed by atoms with van der Waals surface area (Å²) in [6, 6.07) is 0.276. The Balaban J connectivity index is 0.00000420. The van der Waals surface area contributed by atoms with Crippen LogP contribution in [0.4, 0.5) is 0 Å². The summed E-state index contributed by atoms with van der Waals surface area (Å²) in [6.45, 7) is 4.66. The third-order valence-corrected chi connectivity index (χ3v) is 7.68. The van der Waals surface area contributed by atoms with Crippen LogP contribution in [-0.2, 0) is 14.8 Å². The molecule has 0 radical (unpaired) electrons. The van der Waals surface area contributed by atoms with E-state index in [0.29, 0.717) is 19.2 Å². The Morgan fingerprint density at radius 2 is 1.76 bits per heavy atom. The largest absolute Gasteiger partial charge is 0.378 e. The molecule has 2 aliphatic rings. The number of piperidine rings is 1. The van der Waals surface area contributed by atoms with Gasteiger partial charge in [0.1, 0.15) is 0 Å². The molecule has 0 aromatic rings. The van der Waals surface area contributed by atoms with E-state index in [9.17, 15) is 8.42 Å². The lowest BCUT2D eigenvalue weighted by atomic mass is 9.98. The van der Waals surface area contributed by atoms with Crippen LogP contribution in [-0.4, -0.2) is 69.9 Å². The first-order valence-corrected chi connectivity index (χ1v) is 12.7. The van der Waals surface area contributed by atoms with Crippen molar-refractivity contribution in [2.45, 2.75) is 83.3 Å². The Hall–Kier alpha value is -0.130. The monoisotopic (exact) mass is 544 g/mol. The predicted molar refractivity (Wildman–Crippen MR) is 131 cm³/mol. The van der Waals surface area contributed by atoms with Gasteiger partial charge in [-0.2, -0.15) is 0 Å². The van der Waals surface area contributed by atoms with Gasteiger partial charge in [-0.15, -0.1) is 24.0 Å². The Labute approximate surface area is 194 Å². The standard InChI is InChI=1S/C20H40N4O3S.HI/c1-3-28(25,26)24-15-12-18(13-16-24)23-20(21-2)22-14-8-5-9-17-27-19-10-6-4-7-11-19;/h18-19H,3-17H2,1-2H3,(H2,21,22,23);1H. The summed E-state index contributed by atoms with van der Waals surface area (Å²) in [5.41, 5.74) is 0. The molecule has 1 saturated heterocycles. The number of nitrogens with one attached hydrogen (secondary N) is 2. The van der Waals surface area contributed by atoms with E-state index in [2.05, 4.69) is 15.6 Å². The number of sulfonamides is 1. The highest BCUT2D eigenvalue weighted by molar-refractivity contribution is 14.0. The summed E-state index contributed by atoms with van der Waals surface area (Å²) in [6.07, 6.45) is 12.0. The molecule has 0 bridgehead atoms. The van der Waals surface area contributed by atoms with Crippen LogP contribution in [0.25, 0.3) is 0 Å². The lowest BCUT2D eigenvalue weighted by Crippen LogP contribution is -2.50. The normalized spacial score (nSPS) is 20.3. The van der Waals surface area contributed by atoms with E-state index in [1.807, 2.05) is 0 Å². The first kappa shape index (κ1) is 26.9. The van der Waals surface area contributed by atoms with Crippen LogP contribution in [0.2, 0.25) is 0 Å². The van der Waals surface area contributed by atoms with E-state index in [1.165, 1.54) is 32.1 Å².